The Morgan fingerprint density at radius 1 is 1.47 bits per heavy atom. The van der Waals surface area contributed by atoms with E-state index >= 15 is 0 Å². The van der Waals surface area contributed by atoms with Gasteiger partial charge in [0.15, 0.2) is 0 Å². The van der Waals surface area contributed by atoms with Crippen LogP contribution in [-0.4, -0.2) is 30.2 Å². The first-order valence-corrected chi connectivity index (χ1v) is 5.48. The SMILES string of the molecule is COC(C)C(=O)Nc1ccc(/C=C/C(=O)O)c(F)c1. The van der Waals surface area contributed by atoms with E-state index in [-0.39, 0.29) is 11.3 Å². The summed E-state index contributed by atoms with van der Waals surface area (Å²) in [4.78, 5) is 21.8. The highest BCUT2D eigenvalue weighted by molar-refractivity contribution is 5.94. The Morgan fingerprint density at radius 3 is 2.68 bits per heavy atom. The van der Waals surface area contributed by atoms with E-state index in [4.69, 9.17) is 9.84 Å². The zero-order valence-corrected chi connectivity index (χ0v) is 10.5. The lowest BCUT2D eigenvalue weighted by atomic mass is 10.1. The zero-order chi connectivity index (χ0) is 14.4. The van der Waals surface area contributed by atoms with Crippen LogP contribution in [0.15, 0.2) is 24.3 Å². The highest BCUT2D eigenvalue weighted by Gasteiger charge is 2.12. The monoisotopic (exact) mass is 267 g/mol. The maximum absolute atomic E-state index is 13.6. The molecule has 0 saturated heterocycles. The van der Waals surface area contributed by atoms with Gasteiger partial charge in [-0.1, -0.05) is 0 Å². The van der Waals surface area contributed by atoms with Crippen molar-refractivity contribution in [3.05, 3.63) is 35.7 Å². The molecule has 0 spiro atoms. The number of amides is 1. The third-order valence-electron chi connectivity index (χ3n) is 2.40. The number of hydrogen-bond acceptors (Lipinski definition) is 3. The van der Waals surface area contributed by atoms with Gasteiger partial charge >= 0.3 is 5.97 Å². The number of hydrogen-bond donors (Lipinski definition) is 2. The van der Waals surface area contributed by atoms with Gasteiger partial charge in [-0.05, 0) is 31.2 Å². The van der Waals surface area contributed by atoms with E-state index in [0.717, 1.165) is 18.2 Å². The van der Waals surface area contributed by atoms with Gasteiger partial charge in [0.2, 0.25) is 0 Å². The third-order valence-corrected chi connectivity index (χ3v) is 2.40. The molecule has 0 aliphatic rings. The van der Waals surface area contributed by atoms with Gasteiger partial charge in [-0.2, -0.15) is 0 Å². The topological polar surface area (TPSA) is 75.6 Å². The second-order valence-corrected chi connectivity index (χ2v) is 3.78. The Morgan fingerprint density at radius 2 is 2.16 bits per heavy atom. The molecule has 2 N–H and O–H groups in total. The summed E-state index contributed by atoms with van der Waals surface area (Å²) < 4.78 is 18.4. The molecule has 102 valence electrons. The van der Waals surface area contributed by atoms with Crippen LogP contribution in [0.4, 0.5) is 10.1 Å². The molecule has 0 fully saturated rings. The highest BCUT2D eigenvalue weighted by Crippen LogP contribution is 2.16. The number of halogens is 1. The van der Waals surface area contributed by atoms with Crippen LogP contribution < -0.4 is 5.32 Å². The average molecular weight is 267 g/mol. The molecular weight excluding hydrogens is 253 g/mol. The second-order valence-electron chi connectivity index (χ2n) is 3.78. The first-order valence-electron chi connectivity index (χ1n) is 5.48. The summed E-state index contributed by atoms with van der Waals surface area (Å²) in [5, 5.41) is 10.9. The molecular formula is C13H14FNO4. The number of carboxylic acid groups (broad SMARTS) is 1. The molecule has 0 aromatic heterocycles. The van der Waals surface area contributed by atoms with Crippen LogP contribution >= 0.6 is 0 Å². The fourth-order valence-electron chi connectivity index (χ4n) is 1.25. The highest BCUT2D eigenvalue weighted by atomic mass is 19.1. The molecule has 1 atom stereocenters. The quantitative estimate of drug-likeness (QED) is 0.799. The van der Waals surface area contributed by atoms with E-state index in [1.807, 2.05) is 0 Å². The smallest absolute Gasteiger partial charge is 0.328 e. The number of carbonyl (C=O) groups is 2. The molecule has 0 aliphatic heterocycles. The van der Waals surface area contributed by atoms with E-state index in [0.29, 0.717) is 0 Å². The zero-order valence-electron chi connectivity index (χ0n) is 10.5. The molecule has 0 aliphatic carbocycles. The third kappa shape index (κ3) is 4.51. The normalized spacial score (nSPS) is 12.4. The predicted molar refractivity (Wildman–Crippen MR) is 68.2 cm³/mol. The summed E-state index contributed by atoms with van der Waals surface area (Å²) in [7, 11) is 1.39. The molecule has 5 nitrogen and oxygen atoms in total. The minimum atomic E-state index is -1.16. The van der Waals surface area contributed by atoms with Gasteiger partial charge in [0.05, 0.1) is 0 Å². The van der Waals surface area contributed by atoms with Crippen molar-refractivity contribution in [3.63, 3.8) is 0 Å². The van der Waals surface area contributed by atoms with Crippen molar-refractivity contribution in [1.82, 2.24) is 0 Å². The van der Waals surface area contributed by atoms with E-state index in [9.17, 15) is 14.0 Å². The standard InChI is InChI=1S/C13H14FNO4/c1-8(19-2)13(18)15-10-5-3-9(11(14)7-10)4-6-12(16)17/h3-8H,1-2H3,(H,15,18)(H,16,17)/b6-4+. The van der Waals surface area contributed by atoms with Gasteiger partial charge in [0.1, 0.15) is 11.9 Å². The molecule has 6 heteroatoms. The average Bonchev–Trinajstić information content (AvgIpc) is 2.36. The fourth-order valence-corrected chi connectivity index (χ4v) is 1.25. The number of anilines is 1. The lowest BCUT2D eigenvalue weighted by Gasteiger charge is -2.10. The number of rotatable bonds is 5. The minimum absolute atomic E-state index is 0.125. The molecule has 1 aromatic carbocycles. The first kappa shape index (κ1) is 14.8. The van der Waals surface area contributed by atoms with Gasteiger partial charge in [-0.3, -0.25) is 4.79 Å². The number of carboxylic acids is 1. The van der Waals surface area contributed by atoms with Crippen LogP contribution in [0.5, 0.6) is 0 Å². The Kier molecular flexibility index (Phi) is 5.20. The molecule has 0 bridgehead atoms. The summed E-state index contributed by atoms with van der Waals surface area (Å²) in [6.45, 7) is 1.57. The number of benzene rings is 1. The van der Waals surface area contributed by atoms with Crippen LogP contribution in [0.2, 0.25) is 0 Å². The molecule has 0 radical (unpaired) electrons. The van der Waals surface area contributed by atoms with Crippen molar-refractivity contribution in [2.45, 2.75) is 13.0 Å². The van der Waals surface area contributed by atoms with Gasteiger partial charge in [-0.15, -0.1) is 0 Å². The summed E-state index contributed by atoms with van der Waals surface area (Å²) in [5.74, 6) is -2.18. The Bertz CT molecular complexity index is 513. The van der Waals surface area contributed by atoms with Gasteiger partial charge in [0, 0.05) is 24.4 Å². The first-order chi connectivity index (χ1) is 8.93. The van der Waals surface area contributed by atoms with Crippen LogP contribution in [0.1, 0.15) is 12.5 Å². The molecule has 1 rings (SSSR count). The number of methoxy groups -OCH3 is 1. The van der Waals surface area contributed by atoms with Gasteiger partial charge in [0.25, 0.3) is 5.91 Å². The van der Waals surface area contributed by atoms with Crippen molar-refractivity contribution < 1.29 is 23.8 Å². The largest absolute Gasteiger partial charge is 0.478 e. The number of carbonyl (C=O) groups excluding carboxylic acids is 1. The number of nitrogens with one attached hydrogen (secondary N) is 1. The molecule has 0 saturated carbocycles. The van der Waals surface area contributed by atoms with Crippen molar-refractivity contribution in [2.75, 3.05) is 12.4 Å². The molecule has 1 unspecified atom stereocenters. The lowest BCUT2D eigenvalue weighted by molar-refractivity contribution is -0.131. The van der Waals surface area contributed by atoms with Crippen molar-refractivity contribution in [2.24, 2.45) is 0 Å². The summed E-state index contributed by atoms with van der Waals surface area (Å²) in [6, 6.07) is 3.97. The molecule has 1 amide bonds. The van der Waals surface area contributed by atoms with Gasteiger partial charge in [-0.25, -0.2) is 9.18 Å². The molecule has 19 heavy (non-hydrogen) atoms. The van der Waals surface area contributed by atoms with E-state index in [1.54, 1.807) is 6.92 Å². The summed E-state index contributed by atoms with van der Waals surface area (Å²) in [6.07, 6.45) is 1.33. The Labute approximate surface area is 109 Å². The van der Waals surface area contributed by atoms with Crippen LogP contribution in [0, 0.1) is 5.82 Å². The Balaban J connectivity index is 2.82. The fraction of sp³-hybridized carbons (Fsp3) is 0.231. The van der Waals surface area contributed by atoms with E-state index in [1.165, 1.54) is 19.2 Å². The van der Waals surface area contributed by atoms with Crippen molar-refractivity contribution in [1.29, 1.82) is 0 Å². The van der Waals surface area contributed by atoms with Crippen LogP contribution in [0.3, 0.4) is 0 Å². The van der Waals surface area contributed by atoms with E-state index < -0.39 is 23.8 Å². The maximum Gasteiger partial charge on any atom is 0.328 e. The van der Waals surface area contributed by atoms with E-state index in [2.05, 4.69) is 5.32 Å². The predicted octanol–water partition coefficient (Wildman–Crippen LogP) is 1.90. The molecule has 0 heterocycles. The Hall–Kier alpha value is -2.21. The number of aliphatic carboxylic acids is 1. The van der Waals surface area contributed by atoms with Gasteiger partial charge < -0.3 is 15.2 Å². The van der Waals surface area contributed by atoms with Crippen molar-refractivity contribution in [3.8, 4) is 0 Å². The summed E-state index contributed by atoms with van der Waals surface area (Å²) >= 11 is 0. The maximum atomic E-state index is 13.6. The second kappa shape index (κ2) is 6.65. The van der Waals surface area contributed by atoms with Crippen LogP contribution in [0.25, 0.3) is 6.08 Å². The minimum Gasteiger partial charge on any atom is -0.478 e. The lowest BCUT2D eigenvalue weighted by Crippen LogP contribution is -2.26. The van der Waals surface area contributed by atoms with Crippen molar-refractivity contribution >= 4 is 23.6 Å². The summed E-state index contributed by atoms with van der Waals surface area (Å²) in [5.41, 5.74) is 0.402. The van der Waals surface area contributed by atoms with Crippen LogP contribution in [-0.2, 0) is 14.3 Å². The number of ether oxygens (including phenoxy) is 1. The molecule has 1 aromatic rings.